The zero-order chi connectivity index (χ0) is 46.3. The molecule has 0 aliphatic heterocycles. The van der Waals surface area contributed by atoms with Gasteiger partial charge in [0.2, 0.25) is 0 Å². The van der Waals surface area contributed by atoms with E-state index in [1.165, 1.54) is 22.3 Å². The first-order valence-corrected chi connectivity index (χ1v) is 26.4. The minimum absolute atomic E-state index is 0.454. The van der Waals surface area contributed by atoms with Crippen LogP contribution in [0.15, 0.2) is 97.1 Å². The summed E-state index contributed by atoms with van der Waals surface area (Å²) in [7, 11) is -8.01. The molecule has 6 rings (SSSR count). The lowest BCUT2D eigenvalue weighted by atomic mass is 9.99. The van der Waals surface area contributed by atoms with Crippen molar-refractivity contribution in [2.24, 2.45) is 0 Å². The van der Waals surface area contributed by atoms with Crippen LogP contribution in [0.25, 0.3) is 11.1 Å². The van der Waals surface area contributed by atoms with Crippen molar-refractivity contribution in [3.05, 3.63) is 164 Å². The second-order valence-corrected chi connectivity index (χ2v) is 20.6. The SMILES string of the molecule is CCc1cc(C)cc(OP(=O)(Oc2cc(C)cc(CC)c2CC)c2ccc(-c3ccc(P(=O)(Oc4cc(C)cc(CC)c4CC)Oc4cc(C)cc(CC)c4CC)cc3)cc2)c1CC. The van der Waals surface area contributed by atoms with Crippen LogP contribution >= 0.6 is 15.2 Å². The van der Waals surface area contributed by atoms with Crippen LogP contribution in [0.2, 0.25) is 0 Å². The molecule has 0 unspecified atom stereocenters. The smallest absolute Gasteiger partial charge is 0.412 e. The Bertz CT molecular complexity index is 2380. The first kappa shape index (κ1) is 48.4. The third-order valence-electron chi connectivity index (χ3n) is 12.3. The number of aryl methyl sites for hydroxylation is 8. The van der Waals surface area contributed by atoms with Gasteiger partial charge < -0.3 is 18.1 Å². The summed E-state index contributed by atoms with van der Waals surface area (Å²) < 4.78 is 57.8. The van der Waals surface area contributed by atoms with Gasteiger partial charge >= 0.3 is 15.2 Å². The number of rotatable bonds is 19. The van der Waals surface area contributed by atoms with E-state index in [4.69, 9.17) is 18.1 Å². The molecule has 8 heteroatoms. The molecule has 0 heterocycles. The summed E-state index contributed by atoms with van der Waals surface area (Å²) in [5, 5.41) is 0.907. The van der Waals surface area contributed by atoms with Crippen molar-refractivity contribution in [2.45, 2.75) is 134 Å². The van der Waals surface area contributed by atoms with Crippen LogP contribution < -0.4 is 28.7 Å². The van der Waals surface area contributed by atoms with Crippen LogP contribution in [0.3, 0.4) is 0 Å². The molecule has 0 saturated carbocycles. The lowest BCUT2D eigenvalue weighted by Gasteiger charge is -2.25. The van der Waals surface area contributed by atoms with Crippen molar-refractivity contribution in [3.63, 3.8) is 0 Å². The maximum atomic E-state index is 15.5. The molecule has 0 aliphatic rings. The highest BCUT2D eigenvalue weighted by atomic mass is 31.2. The van der Waals surface area contributed by atoms with Gasteiger partial charge in [-0.25, -0.2) is 9.13 Å². The van der Waals surface area contributed by atoms with E-state index in [1.54, 1.807) is 0 Å². The first-order chi connectivity index (χ1) is 30.7. The Labute approximate surface area is 383 Å². The Kier molecular flexibility index (Phi) is 15.8. The molecule has 64 heavy (non-hydrogen) atoms. The lowest BCUT2D eigenvalue weighted by molar-refractivity contribution is 0.394. The Morgan fingerprint density at radius 2 is 0.547 bits per heavy atom. The molecule has 6 aromatic carbocycles. The zero-order valence-electron chi connectivity index (χ0n) is 40.2. The summed E-state index contributed by atoms with van der Waals surface area (Å²) in [6, 6.07) is 31.7. The van der Waals surface area contributed by atoms with Gasteiger partial charge in [0.25, 0.3) is 0 Å². The summed E-state index contributed by atoms with van der Waals surface area (Å²) in [6.07, 6.45) is 6.27. The quantitative estimate of drug-likeness (QED) is 0.0754. The molecular formula is C56H68O6P2. The average Bonchev–Trinajstić information content (AvgIpc) is 3.28. The van der Waals surface area contributed by atoms with Gasteiger partial charge in [-0.2, -0.15) is 0 Å². The molecule has 0 radical (unpaired) electrons. The van der Waals surface area contributed by atoms with Crippen LogP contribution in [0.5, 0.6) is 23.0 Å². The van der Waals surface area contributed by atoms with Crippen LogP contribution in [0.4, 0.5) is 0 Å². The van der Waals surface area contributed by atoms with Crippen LogP contribution in [-0.4, -0.2) is 0 Å². The van der Waals surface area contributed by atoms with Crippen LogP contribution in [0, 0.1) is 27.7 Å². The third-order valence-corrected chi connectivity index (χ3v) is 15.9. The summed E-state index contributed by atoms with van der Waals surface area (Å²) in [5.41, 5.74) is 14.8. The van der Waals surface area contributed by atoms with E-state index in [0.29, 0.717) is 33.6 Å². The molecule has 0 N–H and O–H groups in total. The molecule has 6 aromatic rings. The fourth-order valence-corrected chi connectivity index (χ4v) is 12.3. The molecule has 0 saturated heterocycles. The first-order valence-electron chi connectivity index (χ1n) is 23.4. The highest BCUT2D eigenvalue weighted by Crippen LogP contribution is 2.52. The minimum Gasteiger partial charge on any atom is -0.412 e. The van der Waals surface area contributed by atoms with E-state index in [9.17, 15) is 0 Å². The van der Waals surface area contributed by atoms with Gasteiger partial charge in [-0.15, -0.1) is 0 Å². The molecule has 0 aromatic heterocycles. The predicted octanol–water partition coefficient (Wildman–Crippen LogP) is 15.0. The fourth-order valence-electron chi connectivity index (χ4n) is 9.05. The number of benzene rings is 6. The molecule has 0 bridgehead atoms. The van der Waals surface area contributed by atoms with E-state index in [2.05, 4.69) is 79.7 Å². The molecule has 0 amide bonds. The fraction of sp³-hybridized carbons (Fsp3) is 0.357. The van der Waals surface area contributed by atoms with E-state index in [0.717, 1.165) is 107 Å². The van der Waals surface area contributed by atoms with Gasteiger partial charge in [-0.1, -0.05) is 104 Å². The molecule has 0 atom stereocenters. The van der Waals surface area contributed by atoms with E-state index in [1.807, 2.05) is 100 Å². The highest BCUT2D eigenvalue weighted by molar-refractivity contribution is 7.63. The molecule has 6 nitrogen and oxygen atoms in total. The van der Waals surface area contributed by atoms with Gasteiger partial charge in [0.15, 0.2) is 0 Å². The Morgan fingerprint density at radius 3 is 0.734 bits per heavy atom. The third kappa shape index (κ3) is 10.4. The van der Waals surface area contributed by atoms with Gasteiger partial charge in [0, 0.05) is 0 Å². The monoisotopic (exact) mass is 898 g/mol. The van der Waals surface area contributed by atoms with Crippen LogP contribution in [0.1, 0.15) is 122 Å². The van der Waals surface area contributed by atoms with Gasteiger partial charge in [0.1, 0.15) is 23.0 Å². The van der Waals surface area contributed by atoms with Crippen molar-refractivity contribution >= 4 is 25.8 Å². The van der Waals surface area contributed by atoms with E-state index in [-0.39, 0.29) is 0 Å². The molecule has 0 fully saturated rings. The Balaban J connectivity index is 1.42. The highest BCUT2D eigenvalue weighted by Gasteiger charge is 2.36. The predicted molar refractivity (Wildman–Crippen MR) is 269 cm³/mol. The Morgan fingerprint density at radius 1 is 0.328 bits per heavy atom. The molecule has 0 aliphatic carbocycles. The van der Waals surface area contributed by atoms with E-state index < -0.39 is 15.2 Å². The van der Waals surface area contributed by atoms with Crippen molar-refractivity contribution < 1.29 is 27.2 Å². The standard InChI is InChI=1S/C56H68O6P2/c1-13-41-29-37(9)33-53(49(41)17-5)59-63(57,60-54-34-38(10)30-42(14-2)50(54)18-6)47-25-21-45(22-26-47)46-23-27-48(28-24-46)64(58,61-55-35-39(11)31-43(15-3)51(55)19-7)62-56-36-40(12)32-44(16-4)52(56)20-8/h21-36H,13-20H2,1-12H3. The second-order valence-electron chi connectivity index (χ2n) is 16.9. The zero-order valence-corrected chi connectivity index (χ0v) is 42.0. The average molecular weight is 899 g/mol. The lowest BCUT2D eigenvalue weighted by Crippen LogP contribution is -2.17. The van der Waals surface area contributed by atoms with Gasteiger partial charge in [0.05, 0.1) is 10.6 Å². The Hall–Kier alpha value is -5.02. The summed E-state index contributed by atoms with van der Waals surface area (Å²) >= 11 is 0. The maximum Gasteiger partial charge on any atom is 0.462 e. The maximum absolute atomic E-state index is 15.5. The number of hydrogen-bond acceptors (Lipinski definition) is 6. The van der Waals surface area contributed by atoms with Crippen molar-refractivity contribution in [1.29, 1.82) is 0 Å². The molecule has 338 valence electrons. The summed E-state index contributed by atoms with van der Waals surface area (Å²) in [5.74, 6) is 2.34. The van der Waals surface area contributed by atoms with Crippen molar-refractivity contribution in [2.75, 3.05) is 0 Å². The van der Waals surface area contributed by atoms with Crippen molar-refractivity contribution in [1.82, 2.24) is 0 Å². The topological polar surface area (TPSA) is 71.1 Å². The largest absolute Gasteiger partial charge is 0.462 e. The normalized spacial score (nSPS) is 11.8. The molecular weight excluding hydrogens is 831 g/mol. The summed E-state index contributed by atoms with van der Waals surface area (Å²) in [6.45, 7) is 25.1. The molecule has 0 spiro atoms. The minimum atomic E-state index is -4.01. The van der Waals surface area contributed by atoms with E-state index >= 15 is 9.13 Å². The van der Waals surface area contributed by atoms with Crippen molar-refractivity contribution in [3.8, 4) is 34.1 Å². The summed E-state index contributed by atoms with van der Waals surface area (Å²) in [4.78, 5) is 0. The number of hydrogen-bond donors (Lipinski definition) is 0. The second kappa shape index (κ2) is 20.9. The van der Waals surface area contributed by atoms with Crippen LogP contribution in [-0.2, 0) is 60.5 Å². The van der Waals surface area contributed by atoms with Gasteiger partial charge in [-0.3, -0.25) is 0 Å². The van der Waals surface area contributed by atoms with Gasteiger partial charge in [-0.05, 0) is 205 Å².